The number of rotatable bonds is 7. The highest BCUT2D eigenvalue weighted by Crippen LogP contribution is 2.26. The van der Waals surface area contributed by atoms with Gasteiger partial charge in [-0.3, -0.25) is 15.0 Å². The first-order valence-electron chi connectivity index (χ1n) is 8.83. The van der Waals surface area contributed by atoms with E-state index in [1.165, 1.54) is 49.3 Å². The summed E-state index contributed by atoms with van der Waals surface area (Å²) < 4.78 is 0.897. The Balaban J connectivity index is 1.54. The Bertz CT molecular complexity index is 681. The molecule has 3 rings (SSSR count). The fourth-order valence-corrected chi connectivity index (χ4v) is 4.49. The van der Waals surface area contributed by atoms with Crippen molar-refractivity contribution in [1.29, 1.82) is 0 Å². The van der Waals surface area contributed by atoms with Crippen molar-refractivity contribution in [2.45, 2.75) is 43.5 Å². The van der Waals surface area contributed by atoms with Crippen LogP contribution in [0.2, 0.25) is 0 Å². The van der Waals surface area contributed by atoms with Crippen molar-refractivity contribution in [3.05, 3.63) is 35.4 Å². The molecule has 7 heteroatoms. The topological polar surface area (TPSA) is 58.1 Å². The number of aromatic nitrogens is 2. The lowest BCUT2D eigenvalue weighted by Crippen LogP contribution is -2.29. The summed E-state index contributed by atoms with van der Waals surface area (Å²) in [5, 5.41) is 11.5. The zero-order valence-electron chi connectivity index (χ0n) is 14.5. The molecule has 0 atom stereocenters. The second-order valence-electron chi connectivity index (χ2n) is 6.21. The highest BCUT2D eigenvalue weighted by Gasteiger charge is 2.12. The molecule has 0 unspecified atom stereocenters. The zero-order valence-corrected chi connectivity index (χ0v) is 16.2. The Hall–Kier alpha value is -1.44. The predicted octanol–water partition coefficient (Wildman–Crippen LogP) is 4.28. The second-order valence-corrected chi connectivity index (χ2v) is 8.53. The van der Waals surface area contributed by atoms with Crippen molar-refractivity contribution in [2.24, 2.45) is 0 Å². The van der Waals surface area contributed by atoms with Crippen LogP contribution < -0.4 is 5.32 Å². The summed E-state index contributed by atoms with van der Waals surface area (Å²) >= 11 is 3.10. The van der Waals surface area contributed by atoms with Gasteiger partial charge in [0.05, 0.1) is 0 Å². The number of nitrogens with one attached hydrogen (secondary N) is 1. The van der Waals surface area contributed by atoms with Crippen LogP contribution in [0, 0.1) is 0 Å². The lowest BCUT2D eigenvalue weighted by atomic mass is 10.1. The molecular formula is C18H24N4OS2. The number of nitrogens with zero attached hydrogens (tertiary/aromatic N) is 3. The minimum atomic E-state index is -0.132. The second kappa shape index (κ2) is 9.31. The van der Waals surface area contributed by atoms with E-state index in [4.69, 9.17) is 0 Å². The minimum Gasteiger partial charge on any atom is -0.299 e. The number of carbonyl (C=O) groups is 1. The van der Waals surface area contributed by atoms with Crippen molar-refractivity contribution < 1.29 is 4.79 Å². The molecule has 1 amide bonds. The molecule has 0 spiro atoms. The molecule has 0 saturated carbocycles. The third-order valence-corrected chi connectivity index (χ3v) is 6.31. The van der Waals surface area contributed by atoms with Crippen LogP contribution >= 0.6 is 23.1 Å². The van der Waals surface area contributed by atoms with Gasteiger partial charge >= 0.3 is 0 Å². The lowest BCUT2D eigenvalue weighted by molar-refractivity contribution is 0.102. The molecule has 1 aromatic heterocycles. The van der Waals surface area contributed by atoms with Crippen LogP contribution in [-0.4, -0.2) is 39.8 Å². The molecule has 0 bridgehead atoms. The van der Waals surface area contributed by atoms with E-state index in [2.05, 4.69) is 27.3 Å². The molecule has 1 aliphatic heterocycles. The summed E-state index contributed by atoms with van der Waals surface area (Å²) in [6, 6.07) is 7.88. The van der Waals surface area contributed by atoms with Gasteiger partial charge in [0.25, 0.3) is 5.91 Å². The maximum absolute atomic E-state index is 12.3. The quantitative estimate of drug-likeness (QED) is 0.577. The van der Waals surface area contributed by atoms with Crippen LogP contribution in [0.25, 0.3) is 0 Å². The lowest BCUT2D eigenvalue weighted by Gasteiger charge is -2.26. The number of likely N-dealkylation sites (tertiary alicyclic amines) is 1. The molecule has 0 aliphatic carbocycles. The van der Waals surface area contributed by atoms with E-state index in [9.17, 15) is 4.79 Å². The van der Waals surface area contributed by atoms with Gasteiger partial charge in [-0.15, -0.1) is 10.2 Å². The Morgan fingerprint density at radius 3 is 2.68 bits per heavy atom. The molecule has 5 nitrogen and oxygen atoms in total. The van der Waals surface area contributed by atoms with Gasteiger partial charge in [0.2, 0.25) is 5.13 Å². The average Bonchev–Trinajstić information content (AvgIpc) is 3.08. The number of benzene rings is 1. The summed E-state index contributed by atoms with van der Waals surface area (Å²) in [7, 11) is 0. The fourth-order valence-electron chi connectivity index (χ4n) is 2.81. The Morgan fingerprint density at radius 2 is 1.96 bits per heavy atom. The molecule has 0 radical (unpaired) electrons. The Labute approximate surface area is 157 Å². The van der Waals surface area contributed by atoms with E-state index in [-0.39, 0.29) is 5.91 Å². The standard InChI is InChI=1S/C18H24N4OS2/c1-2-12-24-18-21-20-17(25-18)19-16(23)15-8-6-14(7-9-15)13-22-10-4-3-5-11-22/h6-9H,2-5,10-13H2,1H3,(H,19,20,23). The van der Waals surface area contributed by atoms with Crippen molar-refractivity contribution in [3.63, 3.8) is 0 Å². The molecule has 25 heavy (non-hydrogen) atoms. The number of hydrogen-bond acceptors (Lipinski definition) is 6. The highest BCUT2D eigenvalue weighted by atomic mass is 32.2. The van der Waals surface area contributed by atoms with Gasteiger partial charge in [-0.1, -0.05) is 48.6 Å². The van der Waals surface area contributed by atoms with Gasteiger partial charge in [0, 0.05) is 17.9 Å². The van der Waals surface area contributed by atoms with E-state index in [0.29, 0.717) is 10.7 Å². The molecule has 1 saturated heterocycles. The number of hydrogen-bond donors (Lipinski definition) is 1. The summed E-state index contributed by atoms with van der Waals surface area (Å²) in [5.41, 5.74) is 1.91. The van der Waals surface area contributed by atoms with Crippen molar-refractivity contribution >= 4 is 34.1 Å². The van der Waals surface area contributed by atoms with E-state index in [1.54, 1.807) is 11.8 Å². The highest BCUT2D eigenvalue weighted by molar-refractivity contribution is 8.01. The van der Waals surface area contributed by atoms with Crippen LogP contribution in [-0.2, 0) is 6.54 Å². The summed E-state index contributed by atoms with van der Waals surface area (Å²) in [6.07, 6.45) is 5.03. The SMILES string of the molecule is CCCSc1nnc(NC(=O)c2ccc(CN3CCCCC3)cc2)s1. The molecule has 2 heterocycles. The van der Waals surface area contributed by atoms with E-state index in [1.807, 2.05) is 24.3 Å². The fraction of sp³-hybridized carbons (Fsp3) is 0.500. The number of carbonyl (C=O) groups excluding carboxylic acids is 1. The summed E-state index contributed by atoms with van der Waals surface area (Å²) in [4.78, 5) is 14.8. The first-order valence-corrected chi connectivity index (χ1v) is 10.6. The summed E-state index contributed by atoms with van der Waals surface area (Å²) in [5.74, 6) is 0.883. The molecule has 134 valence electrons. The third-order valence-electron chi connectivity index (χ3n) is 4.13. The number of piperidine rings is 1. The predicted molar refractivity (Wildman–Crippen MR) is 104 cm³/mol. The summed E-state index contributed by atoms with van der Waals surface area (Å²) in [6.45, 7) is 5.46. The smallest absolute Gasteiger partial charge is 0.257 e. The van der Waals surface area contributed by atoms with Crippen LogP contribution in [0.1, 0.15) is 48.5 Å². The van der Waals surface area contributed by atoms with E-state index >= 15 is 0 Å². The normalized spacial score (nSPS) is 15.2. The molecule has 1 aliphatic rings. The Morgan fingerprint density at radius 1 is 1.20 bits per heavy atom. The average molecular weight is 377 g/mol. The number of amides is 1. The molecular weight excluding hydrogens is 352 g/mol. The first-order chi connectivity index (χ1) is 12.2. The van der Waals surface area contributed by atoms with Crippen LogP contribution in [0.5, 0.6) is 0 Å². The van der Waals surface area contributed by atoms with Crippen LogP contribution in [0.4, 0.5) is 5.13 Å². The maximum atomic E-state index is 12.3. The minimum absolute atomic E-state index is 0.132. The van der Waals surface area contributed by atoms with Gasteiger partial charge in [-0.2, -0.15) is 0 Å². The molecule has 1 fully saturated rings. The molecule has 1 N–H and O–H groups in total. The van der Waals surface area contributed by atoms with Crippen molar-refractivity contribution in [3.8, 4) is 0 Å². The first kappa shape index (κ1) is 18.4. The van der Waals surface area contributed by atoms with Gasteiger partial charge in [0.15, 0.2) is 4.34 Å². The Kier molecular flexibility index (Phi) is 6.84. The van der Waals surface area contributed by atoms with Crippen molar-refractivity contribution in [2.75, 3.05) is 24.2 Å². The van der Waals surface area contributed by atoms with Crippen molar-refractivity contribution in [1.82, 2.24) is 15.1 Å². The van der Waals surface area contributed by atoms with E-state index < -0.39 is 0 Å². The van der Waals surface area contributed by atoms with Gasteiger partial charge in [-0.05, 0) is 50.0 Å². The number of anilines is 1. The largest absolute Gasteiger partial charge is 0.299 e. The van der Waals surface area contributed by atoms with Gasteiger partial charge in [0.1, 0.15) is 0 Å². The van der Waals surface area contributed by atoms with Crippen LogP contribution in [0.15, 0.2) is 28.6 Å². The molecule has 1 aromatic carbocycles. The van der Waals surface area contributed by atoms with Gasteiger partial charge in [-0.25, -0.2) is 0 Å². The monoisotopic (exact) mass is 376 g/mol. The third kappa shape index (κ3) is 5.52. The molecule has 2 aromatic rings. The maximum Gasteiger partial charge on any atom is 0.257 e. The van der Waals surface area contributed by atoms with Crippen LogP contribution in [0.3, 0.4) is 0 Å². The van der Waals surface area contributed by atoms with Gasteiger partial charge < -0.3 is 0 Å². The van der Waals surface area contributed by atoms with E-state index in [0.717, 1.165) is 23.1 Å². The number of thioether (sulfide) groups is 1. The zero-order chi connectivity index (χ0) is 17.5.